The van der Waals surface area contributed by atoms with Gasteiger partial charge in [-0.15, -0.1) is 0 Å². The molecule has 1 amide bonds. The lowest BCUT2D eigenvalue weighted by atomic mass is 9.95. The lowest BCUT2D eigenvalue weighted by Gasteiger charge is -2.35. The van der Waals surface area contributed by atoms with Gasteiger partial charge in [-0.1, -0.05) is 0 Å². The maximum atomic E-state index is 13.3. The fraction of sp³-hybridized carbons (Fsp3) is 0.706. The molecule has 1 aromatic heterocycles. The predicted octanol–water partition coefficient (Wildman–Crippen LogP) is 0.447. The lowest BCUT2D eigenvalue weighted by molar-refractivity contribution is -0.126. The molecule has 11 heteroatoms. The number of carbonyl (C=O) groups excluding carboxylic acids is 2. The molecule has 1 aliphatic heterocycles. The van der Waals surface area contributed by atoms with Gasteiger partial charge in [0.2, 0.25) is 10.9 Å². The topological polar surface area (TPSA) is 131 Å². The van der Waals surface area contributed by atoms with Crippen LogP contribution in [0.25, 0.3) is 0 Å². The molecule has 0 spiro atoms. The summed E-state index contributed by atoms with van der Waals surface area (Å²) >= 11 is 0. The molecule has 2 heterocycles. The van der Waals surface area contributed by atoms with E-state index < -0.39 is 21.9 Å². The van der Waals surface area contributed by atoms with E-state index in [0.29, 0.717) is 31.7 Å². The summed E-state index contributed by atoms with van der Waals surface area (Å²) in [5.74, 6) is -1.44. The van der Waals surface area contributed by atoms with Crippen molar-refractivity contribution in [2.24, 2.45) is 5.92 Å². The predicted molar refractivity (Wildman–Crippen MR) is 100 cm³/mol. The van der Waals surface area contributed by atoms with Crippen LogP contribution in [0.2, 0.25) is 0 Å². The van der Waals surface area contributed by atoms with Crippen molar-refractivity contribution in [1.29, 1.82) is 0 Å². The highest BCUT2D eigenvalue weighted by molar-refractivity contribution is 7.89. The molecule has 1 fully saturated rings. The van der Waals surface area contributed by atoms with Crippen molar-refractivity contribution in [2.45, 2.75) is 44.7 Å². The smallest absolute Gasteiger partial charge is 0.343 e. The van der Waals surface area contributed by atoms with Crippen molar-refractivity contribution in [3.63, 3.8) is 0 Å². The maximum absolute atomic E-state index is 13.3. The Bertz CT molecular complexity index is 807. The first kappa shape index (κ1) is 22.3. The summed E-state index contributed by atoms with van der Waals surface area (Å²) < 4.78 is 37.6. The van der Waals surface area contributed by atoms with Crippen LogP contribution in [0, 0.1) is 12.8 Å². The Hall–Kier alpha value is -1.98. The van der Waals surface area contributed by atoms with E-state index in [1.807, 2.05) is 0 Å². The highest BCUT2D eigenvalue weighted by atomic mass is 32.2. The maximum Gasteiger partial charge on any atom is 0.343 e. The van der Waals surface area contributed by atoms with Gasteiger partial charge >= 0.3 is 5.97 Å². The molecule has 0 radical (unpaired) electrons. The number of hydrogen-bond donors (Lipinski definition) is 2. The Morgan fingerprint density at radius 3 is 2.71 bits per heavy atom. The average molecular weight is 417 g/mol. The van der Waals surface area contributed by atoms with Crippen LogP contribution < -0.4 is 5.32 Å². The van der Waals surface area contributed by atoms with Crippen LogP contribution in [-0.2, 0) is 24.3 Å². The molecule has 0 unspecified atom stereocenters. The molecule has 28 heavy (non-hydrogen) atoms. The molecule has 2 rings (SSSR count). The molecule has 0 aliphatic carbocycles. The van der Waals surface area contributed by atoms with Gasteiger partial charge in [-0.2, -0.15) is 9.40 Å². The number of H-pyrrole nitrogens is 1. The van der Waals surface area contributed by atoms with E-state index in [-0.39, 0.29) is 35.7 Å². The number of aromatic amines is 1. The van der Waals surface area contributed by atoms with Crippen LogP contribution >= 0.6 is 0 Å². The summed E-state index contributed by atoms with van der Waals surface area (Å²) in [5.41, 5.74) is 0.219. The van der Waals surface area contributed by atoms with Crippen LogP contribution in [0.1, 0.15) is 42.7 Å². The van der Waals surface area contributed by atoms with E-state index in [0.717, 1.165) is 0 Å². The van der Waals surface area contributed by atoms with E-state index in [2.05, 4.69) is 15.5 Å². The monoisotopic (exact) mass is 416 g/mol. The van der Waals surface area contributed by atoms with Crippen molar-refractivity contribution in [2.75, 3.05) is 33.4 Å². The SMILES string of the molecule is CCOC(=O)c1c(S(=O)(=O)N2C[C@H](C(=O)NCCOC)CC[C@@H]2C)n[nH]c1C. The quantitative estimate of drug-likeness (QED) is 0.464. The van der Waals surface area contributed by atoms with Crippen LogP contribution in [0.5, 0.6) is 0 Å². The minimum atomic E-state index is -4.09. The number of aromatic nitrogens is 2. The number of piperidine rings is 1. The second kappa shape index (κ2) is 9.48. The number of amides is 1. The third-order valence-electron chi connectivity index (χ3n) is 4.75. The van der Waals surface area contributed by atoms with Gasteiger partial charge in [-0.3, -0.25) is 9.89 Å². The van der Waals surface area contributed by atoms with Gasteiger partial charge in [0.1, 0.15) is 5.56 Å². The molecule has 0 aromatic carbocycles. The second-order valence-corrected chi connectivity index (χ2v) is 8.54. The Morgan fingerprint density at radius 2 is 2.07 bits per heavy atom. The van der Waals surface area contributed by atoms with Gasteiger partial charge in [-0.05, 0) is 33.6 Å². The number of carbonyl (C=O) groups is 2. The Labute approximate surface area is 165 Å². The van der Waals surface area contributed by atoms with Gasteiger partial charge in [0.15, 0.2) is 0 Å². The van der Waals surface area contributed by atoms with Gasteiger partial charge in [0.25, 0.3) is 10.0 Å². The van der Waals surface area contributed by atoms with Crippen LogP contribution in [-0.4, -0.2) is 74.3 Å². The van der Waals surface area contributed by atoms with E-state index in [4.69, 9.17) is 9.47 Å². The van der Waals surface area contributed by atoms with E-state index in [1.165, 1.54) is 11.4 Å². The van der Waals surface area contributed by atoms with Gasteiger partial charge in [0, 0.05) is 31.9 Å². The molecular formula is C17H28N4O6S. The number of rotatable bonds is 8. The number of nitrogens with zero attached hydrogens (tertiary/aromatic N) is 2. The number of methoxy groups -OCH3 is 1. The Morgan fingerprint density at radius 1 is 1.36 bits per heavy atom. The lowest BCUT2D eigenvalue weighted by Crippen LogP contribution is -2.49. The molecule has 2 atom stereocenters. The largest absolute Gasteiger partial charge is 0.462 e. The van der Waals surface area contributed by atoms with Crippen molar-refractivity contribution >= 4 is 21.9 Å². The van der Waals surface area contributed by atoms with Crippen molar-refractivity contribution in [3.05, 3.63) is 11.3 Å². The van der Waals surface area contributed by atoms with Crippen molar-refractivity contribution < 1.29 is 27.5 Å². The zero-order chi connectivity index (χ0) is 20.9. The average Bonchev–Trinajstić information content (AvgIpc) is 3.04. The summed E-state index contributed by atoms with van der Waals surface area (Å²) in [5, 5.41) is 8.80. The zero-order valence-electron chi connectivity index (χ0n) is 16.6. The van der Waals surface area contributed by atoms with Crippen molar-refractivity contribution in [3.8, 4) is 0 Å². The fourth-order valence-electron chi connectivity index (χ4n) is 3.19. The number of esters is 1. The van der Waals surface area contributed by atoms with Gasteiger partial charge in [0.05, 0.1) is 19.1 Å². The van der Waals surface area contributed by atoms with Gasteiger partial charge < -0.3 is 14.8 Å². The number of aryl methyl sites for hydroxylation is 1. The molecule has 158 valence electrons. The van der Waals surface area contributed by atoms with E-state index in [9.17, 15) is 18.0 Å². The summed E-state index contributed by atoms with van der Waals surface area (Å²) in [6, 6.07) is -0.319. The third-order valence-corrected chi connectivity index (χ3v) is 6.66. The Balaban J connectivity index is 2.27. The van der Waals surface area contributed by atoms with Crippen LogP contribution in [0.15, 0.2) is 5.03 Å². The summed E-state index contributed by atoms with van der Waals surface area (Å²) in [4.78, 5) is 24.6. The zero-order valence-corrected chi connectivity index (χ0v) is 17.5. The minimum absolute atomic E-state index is 0.0243. The van der Waals surface area contributed by atoms with Crippen molar-refractivity contribution in [1.82, 2.24) is 19.8 Å². The fourth-order valence-corrected chi connectivity index (χ4v) is 5.03. The molecule has 0 bridgehead atoms. The van der Waals surface area contributed by atoms with E-state index in [1.54, 1.807) is 20.8 Å². The second-order valence-electron chi connectivity index (χ2n) is 6.73. The van der Waals surface area contributed by atoms with E-state index >= 15 is 0 Å². The molecule has 0 saturated carbocycles. The highest BCUT2D eigenvalue weighted by Gasteiger charge is 2.41. The standard InChI is InChI=1S/C17H28N4O6S/c1-5-27-17(23)14-12(3)19-20-16(14)28(24,25)21-10-13(7-6-11(21)2)15(22)18-8-9-26-4/h11,13H,5-10H2,1-4H3,(H,18,22)(H,19,20)/t11-,13+/m0/s1. The molecular weight excluding hydrogens is 388 g/mol. The van der Waals surface area contributed by atoms with Crippen LogP contribution in [0.3, 0.4) is 0 Å². The molecule has 1 saturated heterocycles. The number of sulfonamides is 1. The number of ether oxygens (including phenoxy) is 2. The van der Waals surface area contributed by atoms with Crippen LogP contribution in [0.4, 0.5) is 0 Å². The summed E-state index contributed by atoms with van der Waals surface area (Å²) in [7, 11) is -2.55. The molecule has 2 N–H and O–H groups in total. The minimum Gasteiger partial charge on any atom is -0.462 e. The molecule has 1 aliphatic rings. The summed E-state index contributed by atoms with van der Waals surface area (Å²) in [6.07, 6.45) is 1.11. The first-order valence-electron chi connectivity index (χ1n) is 9.24. The van der Waals surface area contributed by atoms with Gasteiger partial charge in [-0.25, -0.2) is 13.2 Å². The third kappa shape index (κ3) is 4.70. The molecule has 1 aromatic rings. The Kier molecular flexibility index (Phi) is 7.55. The summed E-state index contributed by atoms with van der Waals surface area (Å²) in [6.45, 7) is 5.86. The first-order valence-corrected chi connectivity index (χ1v) is 10.7. The first-order chi connectivity index (χ1) is 13.2. The highest BCUT2D eigenvalue weighted by Crippen LogP contribution is 2.30. The molecule has 10 nitrogen and oxygen atoms in total. The number of hydrogen-bond acceptors (Lipinski definition) is 7. The number of nitrogens with one attached hydrogen (secondary N) is 2. The normalized spacial score (nSPS) is 20.7.